The van der Waals surface area contributed by atoms with E-state index >= 15 is 0 Å². The van der Waals surface area contributed by atoms with E-state index in [-0.39, 0.29) is 11.9 Å². The van der Waals surface area contributed by atoms with E-state index in [1.807, 2.05) is 48.3 Å². The minimum atomic E-state index is -0.139. The number of fused-ring (bicyclic) bond motifs is 1. The Morgan fingerprint density at radius 3 is 2.59 bits per heavy atom. The third kappa shape index (κ3) is 2.95. The molecular weight excluding hydrogens is 344 g/mol. The fourth-order valence-electron chi connectivity index (χ4n) is 3.69. The summed E-state index contributed by atoms with van der Waals surface area (Å²) >= 11 is 0. The Kier molecular flexibility index (Phi) is 4.35. The smallest absolute Gasteiger partial charge is 0.257 e. The van der Waals surface area contributed by atoms with E-state index in [0.717, 1.165) is 24.2 Å². The van der Waals surface area contributed by atoms with Crippen LogP contribution in [0.2, 0.25) is 0 Å². The molecule has 0 radical (unpaired) electrons. The molecule has 4 rings (SSSR count). The second-order valence-electron chi connectivity index (χ2n) is 6.57. The van der Waals surface area contributed by atoms with Crippen LogP contribution in [0.15, 0.2) is 42.9 Å². The monoisotopic (exact) mass is 366 g/mol. The summed E-state index contributed by atoms with van der Waals surface area (Å²) in [5.41, 5.74) is 2.80. The lowest BCUT2D eigenvalue weighted by Crippen LogP contribution is -2.28. The van der Waals surface area contributed by atoms with Gasteiger partial charge < -0.3 is 19.4 Å². The van der Waals surface area contributed by atoms with E-state index in [4.69, 9.17) is 9.47 Å². The van der Waals surface area contributed by atoms with Crippen LogP contribution in [-0.4, -0.2) is 34.5 Å². The average molecular weight is 366 g/mol. The van der Waals surface area contributed by atoms with E-state index in [0.29, 0.717) is 17.1 Å². The average Bonchev–Trinajstić information content (AvgIpc) is 3.40. The Bertz CT molecular complexity index is 976. The predicted octanol–water partition coefficient (Wildman–Crippen LogP) is 2.65. The molecule has 3 aromatic rings. The van der Waals surface area contributed by atoms with Crippen molar-refractivity contribution in [3.63, 3.8) is 0 Å². The van der Waals surface area contributed by atoms with Gasteiger partial charge in [-0.05, 0) is 48.2 Å². The Morgan fingerprint density at radius 1 is 1.19 bits per heavy atom. The molecule has 0 spiro atoms. The minimum absolute atomic E-state index is 0.0648. The number of aromatic nitrogens is 3. The van der Waals surface area contributed by atoms with E-state index < -0.39 is 0 Å². The summed E-state index contributed by atoms with van der Waals surface area (Å²) in [5.74, 6) is 1.99. The van der Waals surface area contributed by atoms with Crippen LogP contribution in [0.25, 0.3) is 5.82 Å². The van der Waals surface area contributed by atoms with E-state index in [1.54, 1.807) is 25.1 Å². The Hall–Kier alpha value is -3.22. The number of carbonyl (C=O) groups is 1. The fraction of sp³-hybridized carbons (Fsp3) is 0.300. The van der Waals surface area contributed by atoms with Crippen LogP contribution in [0.4, 0.5) is 0 Å². The molecule has 0 bridgehead atoms. The summed E-state index contributed by atoms with van der Waals surface area (Å²) in [4.78, 5) is 13.0. The summed E-state index contributed by atoms with van der Waals surface area (Å²) in [5, 5.41) is 7.41. The first-order chi connectivity index (χ1) is 13.1. The lowest BCUT2D eigenvalue weighted by Gasteiger charge is -2.16. The number of nitrogens with zero attached hydrogens (tertiary/aromatic N) is 3. The molecule has 1 aliphatic rings. The number of hydrogen-bond donors (Lipinski definition) is 1. The van der Waals surface area contributed by atoms with Crippen molar-refractivity contribution < 1.29 is 14.3 Å². The van der Waals surface area contributed by atoms with Gasteiger partial charge in [0, 0.05) is 19.4 Å². The van der Waals surface area contributed by atoms with Gasteiger partial charge in [0.1, 0.15) is 11.4 Å². The van der Waals surface area contributed by atoms with Crippen molar-refractivity contribution in [1.82, 2.24) is 19.7 Å². The molecule has 1 N–H and O–H groups in total. The molecule has 27 heavy (non-hydrogen) atoms. The first kappa shape index (κ1) is 17.2. The van der Waals surface area contributed by atoms with Gasteiger partial charge in [0.2, 0.25) is 0 Å². The van der Waals surface area contributed by atoms with Crippen molar-refractivity contribution >= 4 is 5.91 Å². The predicted molar refractivity (Wildman–Crippen MR) is 101 cm³/mol. The molecule has 0 fully saturated rings. The number of amides is 1. The first-order valence-corrected chi connectivity index (χ1v) is 8.83. The van der Waals surface area contributed by atoms with Gasteiger partial charge in [-0.3, -0.25) is 9.48 Å². The molecular formula is C20H22N4O3. The van der Waals surface area contributed by atoms with Gasteiger partial charge >= 0.3 is 0 Å². The molecule has 0 saturated heterocycles. The van der Waals surface area contributed by atoms with Crippen LogP contribution < -0.4 is 14.8 Å². The van der Waals surface area contributed by atoms with Crippen molar-refractivity contribution in [2.75, 3.05) is 14.2 Å². The third-order valence-corrected chi connectivity index (χ3v) is 5.03. The number of methoxy groups -OCH3 is 2. The van der Waals surface area contributed by atoms with Crippen LogP contribution in [-0.2, 0) is 13.5 Å². The topological polar surface area (TPSA) is 70.3 Å². The van der Waals surface area contributed by atoms with Gasteiger partial charge in [0.15, 0.2) is 11.5 Å². The van der Waals surface area contributed by atoms with Gasteiger partial charge in [-0.25, -0.2) is 0 Å². The van der Waals surface area contributed by atoms with Gasteiger partial charge in [0.05, 0.1) is 26.5 Å². The third-order valence-electron chi connectivity index (χ3n) is 5.03. The van der Waals surface area contributed by atoms with Crippen molar-refractivity contribution in [2.45, 2.75) is 18.9 Å². The number of hydrogen-bond acceptors (Lipinski definition) is 4. The number of benzene rings is 1. The highest BCUT2D eigenvalue weighted by atomic mass is 16.5. The van der Waals surface area contributed by atoms with E-state index in [1.165, 1.54) is 5.56 Å². The lowest BCUT2D eigenvalue weighted by molar-refractivity contribution is 0.0936. The summed E-state index contributed by atoms with van der Waals surface area (Å²) in [6, 6.07) is 7.73. The molecule has 0 aliphatic heterocycles. The number of carbonyl (C=O) groups excluding carboxylic acids is 1. The minimum Gasteiger partial charge on any atom is -0.493 e. The fourth-order valence-corrected chi connectivity index (χ4v) is 3.69. The molecule has 1 unspecified atom stereocenters. The standard InChI is InChI=1S/C20H22N4O3/c1-23-20(24-8-4-5-9-24)15(12-21-23)19(25)22-16-7-6-13-10-17(26-2)18(27-3)11-14(13)16/h4-5,8-12,16H,6-7H2,1-3H3,(H,22,25). The lowest BCUT2D eigenvalue weighted by atomic mass is 10.1. The summed E-state index contributed by atoms with van der Waals surface area (Å²) < 4.78 is 14.4. The zero-order valence-corrected chi connectivity index (χ0v) is 15.6. The highest BCUT2D eigenvalue weighted by Gasteiger charge is 2.28. The maximum Gasteiger partial charge on any atom is 0.257 e. The Labute approximate surface area is 157 Å². The van der Waals surface area contributed by atoms with Crippen molar-refractivity contribution in [1.29, 1.82) is 0 Å². The Morgan fingerprint density at radius 2 is 1.89 bits per heavy atom. The molecule has 0 saturated carbocycles. The molecule has 140 valence electrons. The Balaban J connectivity index is 1.62. The van der Waals surface area contributed by atoms with Crippen LogP contribution in [0, 0.1) is 0 Å². The van der Waals surface area contributed by atoms with Crippen LogP contribution >= 0.6 is 0 Å². The number of ether oxygens (including phenoxy) is 2. The molecule has 1 aliphatic carbocycles. The second kappa shape index (κ2) is 6.83. The summed E-state index contributed by atoms with van der Waals surface area (Å²) in [7, 11) is 5.07. The van der Waals surface area contributed by atoms with Crippen molar-refractivity contribution in [2.24, 2.45) is 7.05 Å². The zero-order chi connectivity index (χ0) is 19.0. The summed E-state index contributed by atoms with van der Waals surface area (Å²) in [6.07, 6.45) is 7.13. The van der Waals surface area contributed by atoms with E-state index in [9.17, 15) is 4.79 Å². The largest absolute Gasteiger partial charge is 0.493 e. The van der Waals surface area contributed by atoms with Crippen LogP contribution in [0.5, 0.6) is 11.5 Å². The van der Waals surface area contributed by atoms with E-state index in [2.05, 4.69) is 10.4 Å². The number of aryl methyl sites for hydroxylation is 2. The van der Waals surface area contributed by atoms with Gasteiger partial charge in [-0.1, -0.05) is 0 Å². The van der Waals surface area contributed by atoms with Gasteiger partial charge in [0.25, 0.3) is 5.91 Å². The number of rotatable bonds is 5. The van der Waals surface area contributed by atoms with Crippen LogP contribution in [0.1, 0.15) is 33.9 Å². The van der Waals surface area contributed by atoms with Crippen molar-refractivity contribution in [3.8, 4) is 17.3 Å². The molecule has 7 nitrogen and oxygen atoms in total. The molecule has 2 aromatic heterocycles. The van der Waals surface area contributed by atoms with Gasteiger partial charge in [-0.2, -0.15) is 5.10 Å². The van der Waals surface area contributed by atoms with Crippen molar-refractivity contribution in [3.05, 3.63) is 59.5 Å². The second-order valence-corrected chi connectivity index (χ2v) is 6.57. The molecule has 1 atom stereocenters. The highest BCUT2D eigenvalue weighted by Crippen LogP contribution is 2.39. The quantitative estimate of drug-likeness (QED) is 0.754. The van der Waals surface area contributed by atoms with Gasteiger partial charge in [-0.15, -0.1) is 0 Å². The maximum absolute atomic E-state index is 13.0. The molecule has 7 heteroatoms. The SMILES string of the molecule is COc1cc2c(cc1OC)C(NC(=O)c1cnn(C)c1-n1cccc1)CC2. The highest BCUT2D eigenvalue weighted by molar-refractivity contribution is 5.97. The zero-order valence-electron chi connectivity index (χ0n) is 15.6. The molecule has 2 heterocycles. The maximum atomic E-state index is 13.0. The molecule has 1 aromatic carbocycles. The molecule has 1 amide bonds. The first-order valence-electron chi connectivity index (χ1n) is 8.83. The number of nitrogens with one attached hydrogen (secondary N) is 1. The summed E-state index contributed by atoms with van der Waals surface area (Å²) in [6.45, 7) is 0. The normalized spacial score (nSPS) is 15.4. The van der Waals surface area contributed by atoms with Crippen LogP contribution in [0.3, 0.4) is 0 Å².